The summed E-state index contributed by atoms with van der Waals surface area (Å²) < 4.78 is 44.9. The molecule has 4 rings (SSSR count). The van der Waals surface area contributed by atoms with Crippen LogP contribution in [0.25, 0.3) is 10.2 Å². The molecule has 3 aromatic rings. The summed E-state index contributed by atoms with van der Waals surface area (Å²) >= 11 is 1.33. The van der Waals surface area contributed by atoms with E-state index in [9.17, 15) is 18.3 Å². The number of thiazole rings is 1. The summed E-state index contributed by atoms with van der Waals surface area (Å²) in [6.07, 6.45) is -3.16. The van der Waals surface area contributed by atoms with Crippen molar-refractivity contribution in [1.82, 2.24) is 4.98 Å². The average Bonchev–Trinajstić information content (AvgIpc) is 3.13. The molecule has 0 spiro atoms. The van der Waals surface area contributed by atoms with Crippen LogP contribution in [0, 0.1) is 0 Å². The van der Waals surface area contributed by atoms with Crippen LogP contribution in [0.3, 0.4) is 0 Å². The maximum absolute atomic E-state index is 12.8. The van der Waals surface area contributed by atoms with Gasteiger partial charge in [-0.3, -0.25) is 5.11 Å². The highest BCUT2D eigenvalue weighted by Crippen LogP contribution is 2.37. The van der Waals surface area contributed by atoms with Gasteiger partial charge in [0.1, 0.15) is 22.1 Å². The molecule has 0 atom stereocenters. The van der Waals surface area contributed by atoms with Crippen LogP contribution in [0.1, 0.15) is 18.4 Å². The second-order valence-electron chi connectivity index (χ2n) is 6.44. The number of piperidine rings is 1. The molecule has 1 fully saturated rings. The highest BCUT2D eigenvalue weighted by molar-refractivity contribution is 7.17. The summed E-state index contributed by atoms with van der Waals surface area (Å²) in [6.45, 7) is 1.38. The third-order valence-electron chi connectivity index (χ3n) is 4.67. The van der Waals surface area contributed by atoms with Gasteiger partial charge in [-0.15, -0.1) is 11.3 Å². The van der Waals surface area contributed by atoms with E-state index in [0.717, 1.165) is 17.8 Å². The molecule has 141 valence electrons. The fourth-order valence-electron chi connectivity index (χ4n) is 3.32. The summed E-state index contributed by atoms with van der Waals surface area (Å²) in [5.41, 5.74) is 2.59. The molecule has 4 nitrogen and oxygen atoms in total. The maximum atomic E-state index is 12.8. The minimum absolute atomic E-state index is 0.0287. The molecule has 0 N–H and O–H groups in total. The monoisotopic (exact) mass is 393 g/mol. The van der Waals surface area contributed by atoms with E-state index in [2.05, 4.69) is 9.88 Å². The van der Waals surface area contributed by atoms with Gasteiger partial charge in [-0.1, -0.05) is 6.07 Å². The van der Waals surface area contributed by atoms with Crippen LogP contribution >= 0.6 is 11.3 Å². The molecule has 8 heteroatoms. The zero-order valence-corrected chi connectivity index (χ0v) is 15.0. The first-order valence-electron chi connectivity index (χ1n) is 8.54. The second kappa shape index (κ2) is 6.92. The van der Waals surface area contributed by atoms with Crippen LogP contribution in [0.15, 0.2) is 41.9 Å². The van der Waals surface area contributed by atoms with Gasteiger partial charge < -0.3 is 9.64 Å². The minimum Gasteiger partial charge on any atom is -0.490 e. The van der Waals surface area contributed by atoms with Crippen molar-refractivity contribution in [2.45, 2.75) is 25.1 Å². The number of benzene rings is 2. The molecule has 2 heterocycles. The number of halogens is 3. The van der Waals surface area contributed by atoms with Crippen LogP contribution in [0.4, 0.5) is 18.9 Å². The number of hydrogen-bond donors (Lipinski definition) is 0. The topological polar surface area (TPSA) is 45.3 Å². The lowest BCUT2D eigenvalue weighted by Gasteiger charge is -2.34. The summed E-state index contributed by atoms with van der Waals surface area (Å²) in [6, 6.07) is 8.33. The van der Waals surface area contributed by atoms with Gasteiger partial charge in [0.15, 0.2) is 5.75 Å². The van der Waals surface area contributed by atoms with E-state index in [-0.39, 0.29) is 17.6 Å². The van der Waals surface area contributed by atoms with Gasteiger partial charge >= 0.3 is 6.18 Å². The minimum atomic E-state index is -4.38. The van der Waals surface area contributed by atoms with Gasteiger partial charge in [-0.05, 0) is 30.3 Å². The van der Waals surface area contributed by atoms with Crippen molar-refractivity contribution in [1.29, 1.82) is 0 Å². The number of rotatable bonds is 3. The Balaban J connectivity index is 1.43. The second-order valence-corrected chi connectivity index (χ2v) is 7.30. The third kappa shape index (κ3) is 3.66. The van der Waals surface area contributed by atoms with E-state index in [1.807, 2.05) is 0 Å². The zero-order valence-electron chi connectivity index (χ0n) is 14.2. The Labute approximate surface area is 157 Å². The Morgan fingerprint density at radius 2 is 1.93 bits per heavy atom. The molecule has 1 radical (unpaired) electrons. The van der Waals surface area contributed by atoms with Crippen molar-refractivity contribution in [3.63, 3.8) is 0 Å². The van der Waals surface area contributed by atoms with E-state index in [4.69, 9.17) is 4.74 Å². The number of anilines is 1. The van der Waals surface area contributed by atoms with Crippen LogP contribution in [0.2, 0.25) is 0 Å². The zero-order chi connectivity index (χ0) is 19.0. The summed E-state index contributed by atoms with van der Waals surface area (Å²) in [5.74, 6) is 0.208. The Morgan fingerprint density at radius 1 is 1.15 bits per heavy atom. The van der Waals surface area contributed by atoms with Gasteiger partial charge in [0.05, 0.1) is 16.8 Å². The number of hydrogen-bond acceptors (Lipinski definition) is 4. The molecule has 0 aliphatic carbocycles. The summed E-state index contributed by atoms with van der Waals surface area (Å²) in [4.78, 5) is 6.46. The molecule has 0 amide bonds. The SMILES string of the molecule is [O]c1ccc(N2CCC(Oc3cccc(C(F)(F)F)c3)CC2)c2ncsc12. The standard InChI is InChI=1S/C19H16F3N2O2S/c20-19(21,22)12-2-1-3-14(10-12)26-13-6-8-24(9-7-13)15-4-5-16(25)18-17(15)23-11-27-18/h1-5,10-11,13H,6-9H2. The first kappa shape index (κ1) is 17.9. The van der Waals surface area contributed by atoms with Gasteiger partial charge in [-0.2, -0.15) is 13.2 Å². The van der Waals surface area contributed by atoms with Crippen LogP contribution in [0.5, 0.6) is 11.5 Å². The van der Waals surface area contributed by atoms with Crippen LogP contribution in [-0.4, -0.2) is 24.2 Å². The summed E-state index contributed by atoms with van der Waals surface area (Å²) in [5, 5.41) is 11.9. The molecule has 0 saturated carbocycles. The van der Waals surface area contributed by atoms with Gasteiger partial charge in [-0.25, -0.2) is 4.98 Å². The quantitative estimate of drug-likeness (QED) is 0.590. The first-order chi connectivity index (χ1) is 12.9. The Bertz CT molecular complexity index is 950. The Morgan fingerprint density at radius 3 is 2.67 bits per heavy atom. The van der Waals surface area contributed by atoms with E-state index in [0.29, 0.717) is 36.1 Å². The number of nitrogens with zero attached hydrogens (tertiary/aromatic N) is 2. The van der Waals surface area contributed by atoms with Crippen molar-refractivity contribution in [2.24, 2.45) is 0 Å². The molecular formula is C19H16F3N2O2S. The van der Waals surface area contributed by atoms with E-state index < -0.39 is 11.7 Å². The van der Waals surface area contributed by atoms with E-state index in [1.165, 1.54) is 17.4 Å². The van der Waals surface area contributed by atoms with Gasteiger partial charge in [0.25, 0.3) is 0 Å². The van der Waals surface area contributed by atoms with Crippen molar-refractivity contribution in [3.05, 3.63) is 47.5 Å². The van der Waals surface area contributed by atoms with Crippen LogP contribution in [-0.2, 0) is 11.3 Å². The first-order valence-corrected chi connectivity index (χ1v) is 9.42. The van der Waals surface area contributed by atoms with Crippen molar-refractivity contribution in [3.8, 4) is 11.5 Å². The van der Waals surface area contributed by atoms with Gasteiger partial charge in [0.2, 0.25) is 0 Å². The van der Waals surface area contributed by atoms with Crippen molar-refractivity contribution in [2.75, 3.05) is 18.0 Å². The summed E-state index contributed by atoms with van der Waals surface area (Å²) in [7, 11) is 0. The number of fused-ring (bicyclic) bond motifs is 1. The highest BCUT2D eigenvalue weighted by Gasteiger charge is 2.31. The van der Waals surface area contributed by atoms with Crippen LogP contribution < -0.4 is 9.64 Å². The molecule has 0 bridgehead atoms. The fourth-order valence-corrected chi connectivity index (χ4v) is 4.04. The average molecular weight is 393 g/mol. The molecule has 1 aliphatic heterocycles. The molecule has 1 aromatic heterocycles. The lowest BCUT2D eigenvalue weighted by atomic mass is 10.1. The largest absolute Gasteiger partial charge is 0.490 e. The van der Waals surface area contributed by atoms with E-state index >= 15 is 0 Å². The maximum Gasteiger partial charge on any atom is 0.416 e. The van der Waals surface area contributed by atoms with Gasteiger partial charge in [0, 0.05) is 25.9 Å². The Kier molecular flexibility index (Phi) is 4.59. The molecule has 0 unspecified atom stereocenters. The number of alkyl halides is 3. The van der Waals surface area contributed by atoms with Crippen molar-refractivity contribution < 1.29 is 23.0 Å². The molecular weight excluding hydrogens is 377 g/mol. The predicted molar refractivity (Wildman–Crippen MR) is 97.1 cm³/mol. The number of aromatic nitrogens is 1. The predicted octanol–water partition coefficient (Wildman–Crippen LogP) is 5.51. The third-order valence-corrected chi connectivity index (χ3v) is 5.51. The Hall–Kier alpha value is -2.48. The molecule has 1 saturated heterocycles. The molecule has 27 heavy (non-hydrogen) atoms. The highest BCUT2D eigenvalue weighted by atomic mass is 32.1. The van der Waals surface area contributed by atoms with Crippen molar-refractivity contribution >= 4 is 27.2 Å². The van der Waals surface area contributed by atoms with E-state index in [1.54, 1.807) is 23.7 Å². The molecule has 2 aromatic carbocycles. The smallest absolute Gasteiger partial charge is 0.416 e. The number of ether oxygens (including phenoxy) is 1. The fraction of sp³-hybridized carbons (Fsp3) is 0.316. The molecule has 1 aliphatic rings. The lowest BCUT2D eigenvalue weighted by Crippen LogP contribution is -2.38. The normalized spacial score (nSPS) is 16.0. The lowest BCUT2D eigenvalue weighted by molar-refractivity contribution is -0.137.